The van der Waals surface area contributed by atoms with Crippen molar-refractivity contribution >= 4 is 34.2 Å². The van der Waals surface area contributed by atoms with Crippen LogP contribution >= 0.6 is 8.86 Å². The van der Waals surface area contributed by atoms with E-state index >= 15 is 0 Å². The minimum atomic E-state index is -0.543. The van der Waals surface area contributed by atoms with Gasteiger partial charge in [-0.05, 0) is 22.7 Å². The molecule has 0 unspecified atom stereocenters. The summed E-state index contributed by atoms with van der Waals surface area (Å²) in [5, 5.41) is 0. The number of hydrogen-bond acceptors (Lipinski definition) is 1. The molecule has 0 heterocycles. The van der Waals surface area contributed by atoms with Crippen molar-refractivity contribution in [3.05, 3.63) is 0 Å². The molecule has 59 valence electrons. The molecular formula is C7H17NPSn. The standard InChI is InChI=1S/C4H8NP.3CH3.Sn/c1-4(2)5-3-6;;;;/h4,6H,1-2H3;3*1H3;. The fourth-order valence-electron chi connectivity index (χ4n) is 0.129. The molecule has 1 nitrogen and oxygen atoms in total. The second kappa shape index (κ2) is 9.68. The van der Waals surface area contributed by atoms with E-state index in [0.717, 1.165) is 0 Å². The first-order chi connectivity index (χ1) is 4.50. The van der Waals surface area contributed by atoms with Gasteiger partial charge in [0.2, 0.25) is 0 Å². The summed E-state index contributed by atoms with van der Waals surface area (Å²) in [6.45, 7) is 3.99. The fourth-order valence-corrected chi connectivity index (χ4v) is 0.387. The van der Waals surface area contributed by atoms with Crippen molar-refractivity contribution < 1.29 is 0 Å². The number of nitrogens with zero attached hydrogens (tertiary/aromatic N) is 1. The minimum absolute atomic E-state index is 0.363. The van der Waals surface area contributed by atoms with Gasteiger partial charge in [-0.2, -0.15) is 0 Å². The normalized spacial score (nSPS) is 8.30. The molecule has 0 fully saturated rings. The molecule has 0 aliphatic rings. The van der Waals surface area contributed by atoms with Crippen molar-refractivity contribution in [3.8, 4) is 0 Å². The van der Waals surface area contributed by atoms with Gasteiger partial charge in [-0.15, -0.1) is 0 Å². The van der Waals surface area contributed by atoms with Crippen molar-refractivity contribution in [2.24, 2.45) is 4.99 Å². The Bertz CT molecular complexity index is 103. The first-order valence-corrected chi connectivity index (χ1v) is 12.4. The van der Waals surface area contributed by atoms with Crippen LogP contribution in [0.25, 0.3) is 0 Å². The zero-order valence-electron chi connectivity index (χ0n) is 7.52. The van der Waals surface area contributed by atoms with E-state index in [2.05, 4.69) is 34.3 Å². The van der Waals surface area contributed by atoms with Gasteiger partial charge in [0.05, 0.1) is 6.04 Å². The Balaban J connectivity index is 0. The Morgan fingerprint density at radius 3 is 1.60 bits per heavy atom. The Hall–Kier alpha value is 0.679. The van der Waals surface area contributed by atoms with Gasteiger partial charge < -0.3 is 0 Å². The molecule has 0 aliphatic carbocycles. The summed E-state index contributed by atoms with van der Waals surface area (Å²) < 4.78 is 0. The predicted molar refractivity (Wildman–Crippen MR) is 54.2 cm³/mol. The van der Waals surface area contributed by atoms with Crippen LogP contribution < -0.4 is 0 Å². The van der Waals surface area contributed by atoms with Crippen LogP contribution in [0.3, 0.4) is 0 Å². The third-order valence-corrected chi connectivity index (χ3v) is 0.452. The van der Waals surface area contributed by atoms with Crippen LogP contribution in [0.4, 0.5) is 0 Å². The first-order valence-electron chi connectivity index (χ1n) is 3.39. The van der Waals surface area contributed by atoms with E-state index in [-0.39, 0.29) is 0 Å². The van der Waals surface area contributed by atoms with Crippen molar-refractivity contribution in [2.75, 3.05) is 0 Å². The molecule has 0 atom stereocenters. The Kier molecular flexibility index (Phi) is 12.9. The number of hydrogen-bond donors (Lipinski definition) is 0. The molecule has 0 bridgehead atoms. The Morgan fingerprint density at radius 2 is 1.60 bits per heavy atom. The topological polar surface area (TPSA) is 12.4 Å². The summed E-state index contributed by atoms with van der Waals surface area (Å²) in [7, 11) is 2.98. The SMILES string of the molecule is CC(C)N=C=P.[CH3][Sn]([CH3])[CH3]. The van der Waals surface area contributed by atoms with Crippen LogP contribution in [0.1, 0.15) is 13.8 Å². The van der Waals surface area contributed by atoms with Gasteiger partial charge in [0.25, 0.3) is 0 Å². The zero-order chi connectivity index (χ0) is 8.57. The Morgan fingerprint density at radius 1 is 1.30 bits per heavy atom. The van der Waals surface area contributed by atoms with Crippen LogP contribution in [-0.4, -0.2) is 31.4 Å². The molecule has 10 heavy (non-hydrogen) atoms. The molecule has 3 heteroatoms. The van der Waals surface area contributed by atoms with Gasteiger partial charge in [0.1, 0.15) is 0 Å². The van der Waals surface area contributed by atoms with E-state index in [9.17, 15) is 0 Å². The summed E-state index contributed by atoms with van der Waals surface area (Å²) in [6, 6.07) is 0.363. The molecule has 0 N–H and O–H groups in total. The summed E-state index contributed by atoms with van der Waals surface area (Å²) in [6.07, 6.45) is 0. The summed E-state index contributed by atoms with van der Waals surface area (Å²) in [5.41, 5.74) is 2.50. The van der Waals surface area contributed by atoms with E-state index in [0.29, 0.717) is 6.04 Å². The van der Waals surface area contributed by atoms with Crippen LogP contribution in [-0.2, 0) is 0 Å². The molecular weight excluding hydrogens is 248 g/mol. The monoisotopic (exact) mass is 266 g/mol. The second-order valence-corrected chi connectivity index (χ2v) is 11.6. The average molecular weight is 265 g/mol. The molecule has 0 aliphatic heterocycles. The summed E-state index contributed by atoms with van der Waals surface area (Å²) >= 11 is -0.543. The van der Waals surface area contributed by atoms with Crippen LogP contribution in [0, 0.1) is 0 Å². The molecule has 1 radical (unpaired) electrons. The van der Waals surface area contributed by atoms with Gasteiger partial charge in [-0.1, -0.05) is 0 Å². The van der Waals surface area contributed by atoms with Gasteiger partial charge in [0, 0.05) is 5.59 Å². The number of rotatable bonds is 1. The molecule has 0 saturated carbocycles. The predicted octanol–water partition coefficient (Wildman–Crippen LogP) is 2.81. The van der Waals surface area contributed by atoms with Crippen molar-refractivity contribution in [2.45, 2.75) is 34.7 Å². The van der Waals surface area contributed by atoms with E-state index in [4.69, 9.17) is 0 Å². The third-order valence-electron chi connectivity index (χ3n) is 0.323. The van der Waals surface area contributed by atoms with Gasteiger partial charge in [-0.3, -0.25) is 0 Å². The van der Waals surface area contributed by atoms with Crippen molar-refractivity contribution in [1.29, 1.82) is 0 Å². The molecule has 0 aromatic carbocycles. The van der Waals surface area contributed by atoms with E-state index in [1.165, 1.54) is 0 Å². The molecule has 0 saturated heterocycles. The summed E-state index contributed by atoms with van der Waals surface area (Å²) in [5.74, 6) is 0. The van der Waals surface area contributed by atoms with Gasteiger partial charge in [0.15, 0.2) is 0 Å². The quantitative estimate of drug-likeness (QED) is 0.392. The van der Waals surface area contributed by atoms with Gasteiger partial charge in [-0.25, -0.2) is 4.99 Å². The van der Waals surface area contributed by atoms with Crippen molar-refractivity contribution in [3.63, 3.8) is 0 Å². The third kappa shape index (κ3) is 37.8. The fraction of sp³-hybridized carbons (Fsp3) is 0.857. The molecule has 0 aromatic rings. The van der Waals surface area contributed by atoms with Crippen LogP contribution in [0.15, 0.2) is 4.99 Å². The van der Waals surface area contributed by atoms with Crippen LogP contribution in [0.5, 0.6) is 0 Å². The maximum absolute atomic E-state index is 3.79. The molecule has 0 rings (SSSR count). The van der Waals surface area contributed by atoms with E-state index in [1.807, 2.05) is 13.8 Å². The zero-order valence-corrected chi connectivity index (χ0v) is 11.4. The second-order valence-electron chi connectivity index (χ2n) is 2.83. The van der Waals surface area contributed by atoms with E-state index < -0.39 is 19.8 Å². The molecule has 0 aromatic heterocycles. The molecule has 0 spiro atoms. The summed E-state index contributed by atoms with van der Waals surface area (Å²) in [4.78, 5) is 10.9. The first kappa shape index (κ1) is 13.3. The number of aliphatic imine (C=N–C) groups is 1. The van der Waals surface area contributed by atoms with E-state index in [1.54, 1.807) is 0 Å². The Labute approximate surface area is 73.9 Å². The van der Waals surface area contributed by atoms with Gasteiger partial charge >= 0.3 is 34.6 Å². The van der Waals surface area contributed by atoms with Crippen molar-refractivity contribution in [1.82, 2.24) is 0 Å². The van der Waals surface area contributed by atoms with Crippen LogP contribution in [0.2, 0.25) is 14.8 Å². The average Bonchev–Trinajstić information content (AvgIpc) is 1.62. The molecule has 0 amide bonds. The maximum atomic E-state index is 3.79.